The first-order valence-corrected chi connectivity index (χ1v) is 4.82. The molecule has 0 saturated heterocycles. The Hall–Kier alpha value is -0.940. The van der Waals surface area contributed by atoms with Crippen LogP contribution in [0.1, 0.15) is 39.0 Å². The molecule has 0 heterocycles. The maximum Gasteiger partial charge on any atom is 0.0770 e. The smallest absolute Gasteiger partial charge is 0.0770 e. The minimum Gasteiger partial charge on any atom is -0.405 e. The highest BCUT2D eigenvalue weighted by atomic mass is 14.7. The summed E-state index contributed by atoms with van der Waals surface area (Å²) in [5, 5.41) is 0. The van der Waals surface area contributed by atoms with Crippen LogP contribution in [0, 0.1) is 12.3 Å². The van der Waals surface area contributed by atoms with Crippen LogP contribution < -0.4 is 11.5 Å². The molecule has 0 aliphatic heterocycles. The lowest BCUT2D eigenvalue weighted by atomic mass is 9.91. The Labute approximate surface area is 81.4 Å². The van der Waals surface area contributed by atoms with E-state index >= 15 is 0 Å². The molecular formula is C11H20N2. The molecule has 1 atom stereocenters. The van der Waals surface area contributed by atoms with Crippen molar-refractivity contribution in [3.63, 3.8) is 0 Å². The van der Waals surface area contributed by atoms with E-state index < -0.39 is 5.54 Å². The van der Waals surface area contributed by atoms with Crippen LogP contribution in [0.25, 0.3) is 0 Å². The van der Waals surface area contributed by atoms with Gasteiger partial charge in [0.25, 0.3) is 0 Å². The van der Waals surface area contributed by atoms with E-state index in [0.717, 1.165) is 32.1 Å². The Balaban J connectivity index is 3.57. The number of unbranched alkanes of at least 4 members (excludes halogenated alkanes) is 2. The van der Waals surface area contributed by atoms with Gasteiger partial charge in [-0.25, -0.2) is 0 Å². The van der Waals surface area contributed by atoms with Crippen molar-refractivity contribution in [2.75, 3.05) is 0 Å². The van der Waals surface area contributed by atoms with Crippen molar-refractivity contribution in [1.29, 1.82) is 0 Å². The average molecular weight is 180 g/mol. The molecule has 0 aliphatic rings. The number of allylic oxidation sites excluding steroid dienone is 1. The minimum atomic E-state index is -0.396. The molecule has 2 nitrogen and oxygen atoms in total. The standard InChI is InChI=1S/C11H20N2/c1-3-11(13,4-2)9-7-5-6-8-10-12/h1,8,10H,4-7,9,12-13H2,2H3/b10-8-. The van der Waals surface area contributed by atoms with E-state index in [1.165, 1.54) is 0 Å². The molecule has 0 spiro atoms. The molecule has 74 valence electrons. The van der Waals surface area contributed by atoms with Crippen molar-refractivity contribution in [3.8, 4) is 12.3 Å². The van der Waals surface area contributed by atoms with Crippen LogP contribution in [0.15, 0.2) is 12.3 Å². The lowest BCUT2D eigenvalue weighted by molar-refractivity contribution is 0.463. The number of hydrogen-bond acceptors (Lipinski definition) is 2. The molecule has 0 rings (SSSR count). The van der Waals surface area contributed by atoms with E-state index in [-0.39, 0.29) is 0 Å². The average Bonchev–Trinajstić information content (AvgIpc) is 2.17. The van der Waals surface area contributed by atoms with Gasteiger partial charge in [0.2, 0.25) is 0 Å². The molecular weight excluding hydrogens is 160 g/mol. The summed E-state index contributed by atoms with van der Waals surface area (Å²) in [7, 11) is 0. The van der Waals surface area contributed by atoms with E-state index in [1.807, 2.05) is 13.0 Å². The molecule has 0 fully saturated rings. The quantitative estimate of drug-likeness (QED) is 0.483. The van der Waals surface area contributed by atoms with E-state index in [0.29, 0.717) is 0 Å². The van der Waals surface area contributed by atoms with Crippen LogP contribution in [-0.2, 0) is 0 Å². The first-order chi connectivity index (χ1) is 6.18. The van der Waals surface area contributed by atoms with Gasteiger partial charge < -0.3 is 11.5 Å². The van der Waals surface area contributed by atoms with Crippen LogP contribution >= 0.6 is 0 Å². The van der Waals surface area contributed by atoms with E-state index in [1.54, 1.807) is 6.20 Å². The van der Waals surface area contributed by atoms with Crippen molar-refractivity contribution in [1.82, 2.24) is 0 Å². The topological polar surface area (TPSA) is 52.0 Å². The molecule has 0 radical (unpaired) electrons. The predicted molar refractivity (Wildman–Crippen MR) is 57.8 cm³/mol. The van der Waals surface area contributed by atoms with E-state index in [2.05, 4.69) is 5.92 Å². The largest absolute Gasteiger partial charge is 0.405 e. The third-order valence-electron chi connectivity index (χ3n) is 2.30. The van der Waals surface area contributed by atoms with Gasteiger partial charge in [-0.05, 0) is 31.9 Å². The zero-order valence-electron chi connectivity index (χ0n) is 8.42. The summed E-state index contributed by atoms with van der Waals surface area (Å²) in [6.07, 6.45) is 13.8. The molecule has 0 aromatic carbocycles. The van der Waals surface area contributed by atoms with Crippen LogP contribution in [0.5, 0.6) is 0 Å². The molecule has 2 heteroatoms. The van der Waals surface area contributed by atoms with Gasteiger partial charge in [0, 0.05) is 0 Å². The van der Waals surface area contributed by atoms with Gasteiger partial charge in [-0.1, -0.05) is 25.3 Å². The predicted octanol–water partition coefficient (Wildman–Crippen LogP) is 1.76. The Morgan fingerprint density at radius 1 is 1.46 bits per heavy atom. The number of rotatable bonds is 6. The first-order valence-electron chi connectivity index (χ1n) is 4.82. The van der Waals surface area contributed by atoms with Crippen molar-refractivity contribution in [2.45, 2.75) is 44.6 Å². The monoisotopic (exact) mass is 180 g/mol. The zero-order valence-corrected chi connectivity index (χ0v) is 8.42. The fourth-order valence-corrected chi connectivity index (χ4v) is 1.15. The highest BCUT2D eigenvalue weighted by molar-refractivity contribution is 5.10. The van der Waals surface area contributed by atoms with Gasteiger partial charge >= 0.3 is 0 Å². The van der Waals surface area contributed by atoms with E-state index in [9.17, 15) is 0 Å². The third kappa shape index (κ3) is 5.32. The van der Waals surface area contributed by atoms with Crippen molar-refractivity contribution in [2.24, 2.45) is 11.5 Å². The van der Waals surface area contributed by atoms with Gasteiger partial charge in [-0.15, -0.1) is 6.42 Å². The minimum absolute atomic E-state index is 0.396. The second-order valence-corrected chi connectivity index (χ2v) is 3.33. The van der Waals surface area contributed by atoms with Crippen LogP contribution in [0.3, 0.4) is 0 Å². The van der Waals surface area contributed by atoms with Crippen molar-refractivity contribution in [3.05, 3.63) is 12.3 Å². The van der Waals surface area contributed by atoms with Gasteiger partial charge in [0.1, 0.15) is 0 Å². The molecule has 0 saturated carbocycles. The molecule has 0 aliphatic carbocycles. The highest BCUT2D eigenvalue weighted by Crippen LogP contribution is 2.15. The zero-order chi connectivity index (χ0) is 10.2. The molecule has 0 bridgehead atoms. The van der Waals surface area contributed by atoms with Gasteiger partial charge in [0.05, 0.1) is 5.54 Å². The normalized spacial score (nSPS) is 15.5. The lowest BCUT2D eigenvalue weighted by Crippen LogP contribution is -2.36. The number of hydrogen-bond donors (Lipinski definition) is 2. The first kappa shape index (κ1) is 12.1. The molecule has 0 aromatic rings. The highest BCUT2D eigenvalue weighted by Gasteiger charge is 2.17. The summed E-state index contributed by atoms with van der Waals surface area (Å²) in [4.78, 5) is 0. The maximum absolute atomic E-state index is 5.93. The maximum atomic E-state index is 5.93. The summed E-state index contributed by atoms with van der Waals surface area (Å²) < 4.78 is 0. The lowest BCUT2D eigenvalue weighted by Gasteiger charge is -2.20. The fourth-order valence-electron chi connectivity index (χ4n) is 1.15. The SMILES string of the molecule is C#CC(N)(CC)CCCC/C=C\N. The van der Waals surface area contributed by atoms with Gasteiger partial charge in [0.15, 0.2) is 0 Å². The Kier molecular flexibility index (Phi) is 6.09. The fraction of sp³-hybridized carbons (Fsp3) is 0.636. The van der Waals surface area contributed by atoms with E-state index in [4.69, 9.17) is 17.9 Å². The summed E-state index contributed by atoms with van der Waals surface area (Å²) in [5.74, 6) is 2.65. The van der Waals surface area contributed by atoms with Crippen molar-refractivity contribution < 1.29 is 0 Å². The Morgan fingerprint density at radius 3 is 2.62 bits per heavy atom. The van der Waals surface area contributed by atoms with Crippen LogP contribution in [-0.4, -0.2) is 5.54 Å². The summed E-state index contributed by atoms with van der Waals surface area (Å²) in [6.45, 7) is 2.03. The second kappa shape index (κ2) is 6.56. The Bertz CT molecular complexity index is 191. The molecule has 0 aromatic heterocycles. The second-order valence-electron chi connectivity index (χ2n) is 3.33. The Morgan fingerprint density at radius 2 is 2.15 bits per heavy atom. The third-order valence-corrected chi connectivity index (χ3v) is 2.30. The van der Waals surface area contributed by atoms with Crippen molar-refractivity contribution >= 4 is 0 Å². The summed E-state index contributed by atoms with van der Waals surface area (Å²) in [5.41, 5.74) is 10.7. The van der Waals surface area contributed by atoms with Gasteiger partial charge in [-0.2, -0.15) is 0 Å². The summed E-state index contributed by atoms with van der Waals surface area (Å²) in [6, 6.07) is 0. The number of terminal acetylenes is 1. The van der Waals surface area contributed by atoms with Crippen LogP contribution in [0.4, 0.5) is 0 Å². The number of nitrogens with two attached hydrogens (primary N) is 2. The molecule has 13 heavy (non-hydrogen) atoms. The molecule has 0 amide bonds. The van der Waals surface area contributed by atoms with Crippen LogP contribution in [0.2, 0.25) is 0 Å². The molecule has 1 unspecified atom stereocenters. The van der Waals surface area contributed by atoms with Gasteiger partial charge in [-0.3, -0.25) is 0 Å². The summed E-state index contributed by atoms with van der Waals surface area (Å²) >= 11 is 0. The molecule has 4 N–H and O–H groups in total.